The predicted molar refractivity (Wildman–Crippen MR) is 91.2 cm³/mol. The molecule has 6 heteroatoms. The first-order valence-corrected chi connectivity index (χ1v) is 7.23. The molecule has 2 heterocycles. The van der Waals surface area contributed by atoms with Crippen molar-refractivity contribution in [2.45, 2.75) is 6.17 Å². The van der Waals surface area contributed by atoms with Gasteiger partial charge in [-0.15, -0.1) is 0 Å². The number of aliphatic imine (C=N–C) groups is 2. The fraction of sp³-hybridized carbons (Fsp3) is 0.0667. The van der Waals surface area contributed by atoms with E-state index in [1.165, 1.54) is 3.11 Å². The van der Waals surface area contributed by atoms with Gasteiger partial charge in [-0.1, -0.05) is 24.3 Å². The van der Waals surface area contributed by atoms with Gasteiger partial charge in [-0.3, -0.25) is 14.8 Å². The monoisotopic (exact) mass is 390 g/mol. The zero-order valence-electron chi connectivity index (χ0n) is 11.0. The molecule has 1 unspecified atom stereocenters. The second-order valence-corrected chi connectivity index (χ2v) is 5.35. The van der Waals surface area contributed by atoms with Gasteiger partial charge in [-0.25, -0.2) is 8.11 Å². The Bertz CT molecular complexity index is 729. The zero-order chi connectivity index (χ0) is 14.8. The van der Waals surface area contributed by atoms with Crippen LogP contribution in [0.2, 0.25) is 0 Å². The number of carbonyl (C=O) groups is 1. The number of nitrogens with zero attached hydrogens (tertiary/aromatic N) is 4. The molecule has 104 valence electrons. The summed E-state index contributed by atoms with van der Waals surface area (Å²) >= 11 is 1.97. The van der Waals surface area contributed by atoms with E-state index in [9.17, 15) is 4.79 Å². The van der Waals surface area contributed by atoms with E-state index < -0.39 is 6.17 Å². The number of benzene rings is 1. The van der Waals surface area contributed by atoms with Crippen LogP contribution >= 0.6 is 22.9 Å². The highest BCUT2D eigenvalue weighted by Crippen LogP contribution is 2.30. The normalized spacial score (nSPS) is 17.8. The van der Waals surface area contributed by atoms with Crippen molar-refractivity contribution < 1.29 is 4.79 Å². The molecule has 1 aromatic carbocycles. The summed E-state index contributed by atoms with van der Waals surface area (Å²) < 4.78 is 1.53. The fourth-order valence-electron chi connectivity index (χ4n) is 2.14. The molecule has 0 radical (unpaired) electrons. The summed E-state index contributed by atoms with van der Waals surface area (Å²) in [6, 6.07) is 13.2. The molecule has 1 aliphatic heterocycles. The van der Waals surface area contributed by atoms with Gasteiger partial charge in [0.1, 0.15) is 0 Å². The Labute approximate surface area is 135 Å². The summed E-state index contributed by atoms with van der Waals surface area (Å²) in [5.74, 6) is -0.219. The summed E-state index contributed by atoms with van der Waals surface area (Å²) in [6.45, 7) is 3.47. The maximum atomic E-state index is 12.4. The lowest BCUT2D eigenvalue weighted by Gasteiger charge is -2.16. The summed E-state index contributed by atoms with van der Waals surface area (Å²) in [5.41, 5.74) is 2.98. The Hall–Kier alpha value is -2.09. The molecular weight excluding hydrogens is 379 g/mol. The Morgan fingerprint density at radius 1 is 1.19 bits per heavy atom. The van der Waals surface area contributed by atoms with Crippen molar-refractivity contribution in [3.05, 3.63) is 59.9 Å². The molecule has 0 N–H and O–H groups in total. The standard InChI is InChI=1S/C15H11IN4O/c1-17-14-15(21)20(16)12-8-3-2-6-10(12)13(19-14)11-7-4-5-9-18-11/h2-9,14H,1H2. The van der Waals surface area contributed by atoms with Gasteiger partial charge >= 0.3 is 0 Å². The van der Waals surface area contributed by atoms with Crippen LogP contribution in [-0.4, -0.2) is 29.5 Å². The van der Waals surface area contributed by atoms with E-state index in [1.807, 2.05) is 65.3 Å². The molecule has 0 bridgehead atoms. The number of aromatic nitrogens is 1. The number of carbonyl (C=O) groups excluding carboxylic acids is 1. The van der Waals surface area contributed by atoms with Crippen LogP contribution in [0.15, 0.2) is 58.6 Å². The SMILES string of the molecule is C=NC1N=C(c2ccccn2)c2ccccc2N(I)C1=O. The molecule has 21 heavy (non-hydrogen) atoms. The lowest BCUT2D eigenvalue weighted by Crippen LogP contribution is -2.28. The molecule has 5 nitrogen and oxygen atoms in total. The number of benzodiazepines with no additional fused rings is 1. The van der Waals surface area contributed by atoms with E-state index in [-0.39, 0.29) is 5.91 Å². The third-order valence-corrected chi connectivity index (χ3v) is 4.11. The van der Waals surface area contributed by atoms with E-state index in [4.69, 9.17) is 0 Å². The van der Waals surface area contributed by atoms with Crippen LogP contribution < -0.4 is 3.11 Å². The van der Waals surface area contributed by atoms with Crippen LogP contribution in [0.1, 0.15) is 11.3 Å². The maximum absolute atomic E-state index is 12.4. The van der Waals surface area contributed by atoms with E-state index in [1.54, 1.807) is 6.20 Å². The minimum Gasteiger partial charge on any atom is -0.269 e. The molecule has 1 atom stereocenters. The summed E-state index contributed by atoms with van der Waals surface area (Å²) in [7, 11) is 0. The number of halogens is 1. The molecule has 2 aromatic rings. The second-order valence-electron chi connectivity index (χ2n) is 4.39. The van der Waals surface area contributed by atoms with Crippen LogP contribution in [0.4, 0.5) is 5.69 Å². The summed E-state index contributed by atoms with van der Waals surface area (Å²) in [4.78, 5) is 25.0. The number of para-hydroxylation sites is 1. The van der Waals surface area contributed by atoms with Gasteiger partial charge in [0.15, 0.2) is 0 Å². The number of hydrogen-bond donors (Lipinski definition) is 0. The van der Waals surface area contributed by atoms with Crippen molar-refractivity contribution in [2.24, 2.45) is 9.98 Å². The van der Waals surface area contributed by atoms with Crippen molar-refractivity contribution in [1.82, 2.24) is 4.98 Å². The number of amides is 1. The molecule has 0 spiro atoms. The Balaban J connectivity index is 2.26. The lowest BCUT2D eigenvalue weighted by molar-refractivity contribution is -0.118. The highest BCUT2D eigenvalue weighted by atomic mass is 127. The highest BCUT2D eigenvalue weighted by molar-refractivity contribution is 14.1. The van der Waals surface area contributed by atoms with E-state index in [0.29, 0.717) is 11.4 Å². The number of anilines is 1. The second kappa shape index (κ2) is 5.72. The predicted octanol–water partition coefficient (Wildman–Crippen LogP) is 2.64. The Morgan fingerprint density at radius 2 is 1.95 bits per heavy atom. The molecule has 0 saturated heterocycles. The fourth-order valence-corrected chi connectivity index (χ4v) is 2.81. The van der Waals surface area contributed by atoms with Crippen molar-refractivity contribution in [2.75, 3.05) is 3.11 Å². The molecule has 0 aliphatic carbocycles. The minimum absolute atomic E-state index is 0.219. The number of fused-ring (bicyclic) bond motifs is 1. The lowest BCUT2D eigenvalue weighted by atomic mass is 10.0. The van der Waals surface area contributed by atoms with Crippen molar-refractivity contribution >= 4 is 46.9 Å². The number of hydrogen-bond acceptors (Lipinski definition) is 4. The average Bonchev–Trinajstić information content (AvgIpc) is 2.65. The van der Waals surface area contributed by atoms with E-state index >= 15 is 0 Å². The first-order chi connectivity index (χ1) is 10.2. The molecule has 1 aromatic heterocycles. The van der Waals surface area contributed by atoms with Gasteiger partial charge in [0.25, 0.3) is 5.91 Å². The van der Waals surface area contributed by atoms with E-state index in [0.717, 1.165) is 11.3 Å². The van der Waals surface area contributed by atoms with E-state index in [2.05, 4.69) is 21.7 Å². The summed E-state index contributed by atoms with van der Waals surface area (Å²) in [6.07, 6.45) is 0.844. The zero-order valence-corrected chi connectivity index (χ0v) is 13.1. The number of rotatable bonds is 2. The topological polar surface area (TPSA) is 57.9 Å². The third-order valence-electron chi connectivity index (χ3n) is 3.12. The minimum atomic E-state index is -0.855. The van der Waals surface area contributed by atoms with Gasteiger partial charge in [0, 0.05) is 11.8 Å². The smallest absolute Gasteiger partial charge is 0.269 e. The Morgan fingerprint density at radius 3 is 2.67 bits per heavy atom. The first-order valence-electron chi connectivity index (χ1n) is 6.26. The summed E-state index contributed by atoms with van der Waals surface area (Å²) in [5, 5.41) is 0. The largest absolute Gasteiger partial charge is 0.283 e. The Kier molecular flexibility index (Phi) is 3.78. The van der Waals surface area contributed by atoms with Gasteiger partial charge in [0.2, 0.25) is 6.17 Å². The molecule has 1 amide bonds. The molecule has 0 fully saturated rings. The number of pyridine rings is 1. The molecule has 0 saturated carbocycles. The molecule has 1 aliphatic rings. The van der Waals surface area contributed by atoms with Crippen molar-refractivity contribution in [3.8, 4) is 0 Å². The van der Waals surface area contributed by atoms with Gasteiger partial charge < -0.3 is 0 Å². The van der Waals surface area contributed by atoms with Crippen molar-refractivity contribution in [1.29, 1.82) is 0 Å². The van der Waals surface area contributed by atoms with Crippen LogP contribution in [-0.2, 0) is 4.79 Å². The van der Waals surface area contributed by atoms with Crippen molar-refractivity contribution in [3.63, 3.8) is 0 Å². The first kappa shape index (κ1) is 13.9. The van der Waals surface area contributed by atoms with Crippen LogP contribution in [0.25, 0.3) is 0 Å². The quantitative estimate of drug-likeness (QED) is 0.450. The molecule has 3 rings (SSSR count). The van der Waals surface area contributed by atoms with Gasteiger partial charge in [-0.05, 0) is 24.9 Å². The van der Waals surface area contributed by atoms with Gasteiger partial charge in [0.05, 0.1) is 40.0 Å². The maximum Gasteiger partial charge on any atom is 0.283 e. The van der Waals surface area contributed by atoms with Crippen LogP contribution in [0.5, 0.6) is 0 Å². The van der Waals surface area contributed by atoms with Gasteiger partial charge in [-0.2, -0.15) is 0 Å². The average molecular weight is 390 g/mol. The molecular formula is C15H11IN4O. The van der Waals surface area contributed by atoms with Crippen LogP contribution in [0, 0.1) is 0 Å². The highest BCUT2D eigenvalue weighted by Gasteiger charge is 2.30. The van der Waals surface area contributed by atoms with Crippen LogP contribution in [0.3, 0.4) is 0 Å². The third kappa shape index (κ3) is 2.46.